The lowest BCUT2D eigenvalue weighted by molar-refractivity contribution is -0.202. The SMILES string of the molecule is COC1(c2ccc(N)cc2)COC1. The van der Waals surface area contributed by atoms with Crippen molar-refractivity contribution in [3.05, 3.63) is 29.8 Å². The van der Waals surface area contributed by atoms with Gasteiger partial charge in [-0.1, -0.05) is 12.1 Å². The first-order valence-electron chi connectivity index (χ1n) is 4.26. The second-order valence-electron chi connectivity index (χ2n) is 3.31. The Balaban J connectivity index is 2.28. The number of nitrogens with two attached hydrogens (primary N) is 1. The molecule has 0 spiro atoms. The van der Waals surface area contributed by atoms with Crippen molar-refractivity contribution < 1.29 is 9.47 Å². The van der Waals surface area contributed by atoms with Gasteiger partial charge >= 0.3 is 0 Å². The third-order valence-electron chi connectivity index (χ3n) is 2.50. The number of ether oxygens (including phenoxy) is 2. The number of rotatable bonds is 2. The van der Waals surface area contributed by atoms with Crippen LogP contribution in [0.3, 0.4) is 0 Å². The van der Waals surface area contributed by atoms with Crippen LogP contribution in [0, 0.1) is 0 Å². The maximum absolute atomic E-state index is 5.60. The van der Waals surface area contributed by atoms with E-state index in [1.54, 1.807) is 7.11 Å². The number of methoxy groups -OCH3 is 1. The second kappa shape index (κ2) is 3.01. The lowest BCUT2D eigenvalue weighted by Crippen LogP contribution is -2.48. The minimum absolute atomic E-state index is 0.228. The van der Waals surface area contributed by atoms with Gasteiger partial charge in [0.1, 0.15) is 5.60 Å². The molecule has 13 heavy (non-hydrogen) atoms. The van der Waals surface area contributed by atoms with Crippen LogP contribution in [-0.2, 0) is 15.1 Å². The van der Waals surface area contributed by atoms with Gasteiger partial charge in [-0.2, -0.15) is 0 Å². The quantitative estimate of drug-likeness (QED) is 0.692. The summed E-state index contributed by atoms with van der Waals surface area (Å²) in [7, 11) is 1.71. The van der Waals surface area contributed by atoms with E-state index < -0.39 is 0 Å². The predicted molar refractivity (Wildman–Crippen MR) is 50.4 cm³/mol. The molecule has 1 aromatic rings. The van der Waals surface area contributed by atoms with Crippen LogP contribution in [0.2, 0.25) is 0 Å². The van der Waals surface area contributed by atoms with Gasteiger partial charge in [-0.05, 0) is 17.7 Å². The molecule has 0 aliphatic carbocycles. The van der Waals surface area contributed by atoms with Crippen molar-refractivity contribution in [1.82, 2.24) is 0 Å². The maximum Gasteiger partial charge on any atom is 0.139 e. The third kappa shape index (κ3) is 1.30. The molecule has 0 radical (unpaired) electrons. The van der Waals surface area contributed by atoms with Crippen molar-refractivity contribution >= 4 is 5.69 Å². The highest BCUT2D eigenvalue weighted by Gasteiger charge is 2.40. The zero-order chi connectivity index (χ0) is 9.31. The lowest BCUT2D eigenvalue weighted by Gasteiger charge is -2.40. The molecule has 2 N–H and O–H groups in total. The Bertz CT molecular complexity index is 285. The normalized spacial score (nSPS) is 19.5. The van der Waals surface area contributed by atoms with E-state index in [2.05, 4.69) is 0 Å². The van der Waals surface area contributed by atoms with Gasteiger partial charge in [0.25, 0.3) is 0 Å². The maximum atomic E-state index is 5.60. The number of anilines is 1. The van der Waals surface area contributed by atoms with E-state index in [9.17, 15) is 0 Å². The molecule has 0 amide bonds. The molecule has 3 nitrogen and oxygen atoms in total. The van der Waals surface area contributed by atoms with Gasteiger partial charge in [0.05, 0.1) is 13.2 Å². The monoisotopic (exact) mass is 179 g/mol. The first-order valence-corrected chi connectivity index (χ1v) is 4.26. The van der Waals surface area contributed by atoms with Crippen molar-refractivity contribution in [3.63, 3.8) is 0 Å². The average Bonchev–Trinajstić information content (AvgIpc) is 2.07. The van der Waals surface area contributed by atoms with Gasteiger partial charge in [0, 0.05) is 12.8 Å². The molecular formula is C10H13NO2. The Morgan fingerprint density at radius 2 is 1.92 bits per heavy atom. The van der Waals surface area contributed by atoms with Crippen molar-refractivity contribution in [2.75, 3.05) is 26.1 Å². The van der Waals surface area contributed by atoms with E-state index in [0.717, 1.165) is 11.3 Å². The third-order valence-corrected chi connectivity index (χ3v) is 2.50. The first-order chi connectivity index (χ1) is 6.27. The van der Waals surface area contributed by atoms with Gasteiger partial charge in [0.2, 0.25) is 0 Å². The number of nitrogen functional groups attached to an aromatic ring is 1. The van der Waals surface area contributed by atoms with E-state index in [1.807, 2.05) is 24.3 Å². The van der Waals surface area contributed by atoms with Gasteiger partial charge in [-0.3, -0.25) is 0 Å². The Labute approximate surface area is 77.5 Å². The largest absolute Gasteiger partial charge is 0.399 e. The molecule has 0 unspecified atom stereocenters. The van der Waals surface area contributed by atoms with Crippen LogP contribution in [0.25, 0.3) is 0 Å². The fraction of sp³-hybridized carbons (Fsp3) is 0.400. The molecule has 2 rings (SSSR count). The Kier molecular flexibility index (Phi) is 1.98. The fourth-order valence-corrected chi connectivity index (χ4v) is 1.48. The highest BCUT2D eigenvalue weighted by Crippen LogP contribution is 2.33. The molecule has 1 saturated heterocycles. The topological polar surface area (TPSA) is 44.5 Å². The number of hydrogen-bond acceptors (Lipinski definition) is 3. The van der Waals surface area contributed by atoms with Crippen LogP contribution in [0.4, 0.5) is 5.69 Å². The van der Waals surface area contributed by atoms with Crippen LogP contribution >= 0.6 is 0 Å². The summed E-state index contributed by atoms with van der Waals surface area (Å²) in [6.07, 6.45) is 0. The van der Waals surface area contributed by atoms with E-state index in [-0.39, 0.29) is 5.60 Å². The van der Waals surface area contributed by atoms with Crippen LogP contribution in [0.1, 0.15) is 5.56 Å². The van der Waals surface area contributed by atoms with E-state index in [1.165, 1.54) is 0 Å². The molecule has 0 bridgehead atoms. The zero-order valence-corrected chi connectivity index (χ0v) is 7.62. The molecule has 1 fully saturated rings. The minimum atomic E-state index is -0.228. The molecule has 0 saturated carbocycles. The summed E-state index contributed by atoms with van der Waals surface area (Å²) in [6.45, 7) is 1.26. The molecule has 0 aromatic heterocycles. The second-order valence-corrected chi connectivity index (χ2v) is 3.31. The summed E-state index contributed by atoms with van der Waals surface area (Å²) in [5.74, 6) is 0. The van der Waals surface area contributed by atoms with Crippen LogP contribution in [0.15, 0.2) is 24.3 Å². The molecule has 70 valence electrons. The minimum Gasteiger partial charge on any atom is -0.399 e. The van der Waals surface area contributed by atoms with Gasteiger partial charge < -0.3 is 15.2 Å². The predicted octanol–water partition coefficient (Wildman–Crippen LogP) is 1.14. The van der Waals surface area contributed by atoms with Gasteiger partial charge in [0.15, 0.2) is 0 Å². The van der Waals surface area contributed by atoms with Crippen LogP contribution in [-0.4, -0.2) is 20.3 Å². The smallest absolute Gasteiger partial charge is 0.139 e. The summed E-state index contributed by atoms with van der Waals surface area (Å²) >= 11 is 0. The average molecular weight is 179 g/mol. The van der Waals surface area contributed by atoms with E-state index in [0.29, 0.717) is 13.2 Å². The Hall–Kier alpha value is -1.06. The van der Waals surface area contributed by atoms with E-state index in [4.69, 9.17) is 15.2 Å². The zero-order valence-electron chi connectivity index (χ0n) is 7.62. The molecule has 0 atom stereocenters. The highest BCUT2D eigenvalue weighted by atomic mass is 16.6. The van der Waals surface area contributed by atoms with Gasteiger partial charge in [-0.25, -0.2) is 0 Å². The molecule has 1 heterocycles. The summed E-state index contributed by atoms with van der Waals surface area (Å²) < 4.78 is 10.6. The van der Waals surface area contributed by atoms with Crippen molar-refractivity contribution in [1.29, 1.82) is 0 Å². The highest BCUT2D eigenvalue weighted by molar-refractivity contribution is 5.41. The molecule has 1 aliphatic rings. The van der Waals surface area contributed by atoms with Gasteiger partial charge in [-0.15, -0.1) is 0 Å². The Morgan fingerprint density at radius 1 is 1.31 bits per heavy atom. The van der Waals surface area contributed by atoms with Crippen molar-refractivity contribution in [3.8, 4) is 0 Å². The van der Waals surface area contributed by atoms with E-state index >= 15 is 0 Å². The van der Waals surface area contributed by atoms with Crippen LogP contribution < -0.4 is 5.73 Å². The standard InChI is InChI=1S/C10H13NO2/c1-12-10(6-13-7-10)8-2-4-9(11)5-3-8/h2-5H,6-7,11H2,1H3. The summed E-state index contributed by atoms with van der Waals surface area (Å²) in [5.41, 5.74) is 7.28. The van der Waals surface area contributed by atoms with Crippen molar-refractivity contribution in [2.45, 2.75) is 5.60 Å². The first kappa shape index (κ1) is 8.53. The van der Waals surface area contributed by atoms with Crippen LogP contribution in [0.5, 0.6) is 0 Å². The lowest BCUT2D eigenvalue weighted by atomic mass is 9.92. The summed E-state index contributed by atoms with van der Waals surface area (Å²) in [6, 6.07) is 7.74. The molecule has 1 aliphatic heterocycles. The molecular weight excluding hydrogens is 166 g/mol. The molecule has 3 heteroatoms. The molecule has 1 aromatic carbocycles. The fourth-order valence-electron chi connectivity index (χ4n) is 1.48. The Morgan fingerprint density at radius 3 is 2.31 bits per heavy atom. The number of benzene rings is 1. The summed E-state index contributed by atoms with van der Waals surface area (Å²) in [5, 5.41) is 0. The number of hydrogen-bond donors (Lipinski definition) is 1. The van der Waals surface area contributed by atoms with Crippen molar-refractivity contribution in [2.24, 2.45) is 0 Å². The summed E-state index contributed by atoms with van der Waals surface area (Å²) in [4.78, 5) is 0.